The largest absolute Gasteiger partial charge is 0.324 e. The molecule has 2 aromatic carbocycles. The van der Waals surface area contributed by atoms with Crippen molar-refractivity contribution in [1.82, 2.24) is 4.90 Å². The second-order valence-electron chi connectivity index (χ2n) is 5.76. The van der Waals surface area contributed by atoms with E-state index in [-0.39, 0.29) is 28.9 Å². The Morgan fingerprint density at radius 2 is 2.00 bits per heavy atom. The van der Waals surface area contributed by atoms with Gasteiger partial charge in [0.05, 0.1) is 18.2 Å². The van der Waals surface area contributed by atoms with E-state index in [0.29, 0.717) is 0 Å². The molecule has 128 valence electrons. The summed E-state index contributed by atoms with van der Waals surface area (Å²) in [7, 11) is 0. The van der Waals surface area contributed by atoms with Crippen LogP contribution in [0.4, 0.5) is 10.1 Å². The number of rotatable bonds is 3. The van der Waals surface area contributed by atoms with Gasteiger partial charge >= 0.3 is 0 Å². The summed E-state index contributed by atoms with van der Waals surface area (Å²) in [5, 5.41) is 2.79. The topological polar surface area (TPSA) is 49.4 Å². The van der Waals surface area contributed by atoms with Crippen LogP contribution >= 0.6 is 11.6 Å². The number of benzene rings is 2. The smallest absolute Gasteiger partial charge is 0.226 e. The Morgan fingerprint density at radius 3 is 2.72 bits per heavy atom. The third-order valence-electron chi connectivity index (χ3n) is 4.05. The minimum Gasteiger partial charge on any atom is -0.324 e. The summed E-state index contributed by atoms with van der Waals surface area (Å²) in [6.07, 6.45) is 3.53. The molecule has 0 radical (unpaired) electrons. The fourth-order valence-corrected chi connectivity index (χ4v) is 3.04. The first kappa shape index (κ1) is 17.2. The number of fused-ring (bicyclic) bond motifs is 1. The monoisotopic (exact) mass is 358 g/mol. The minimum atomic E-state index is -0.604. The van der Waals surface area contributed by atoms with E-state index in [0.717, 1.165) is 17.2 Å². The minimum absolute atomic E-state index is 0.0169. The normalized spacial score (nSPS) is 15.6. The highest BCUT2D eigenvalue weighted by Crippen LogP contribution is 2.33. The van der Waals surface area contributed by atoms with Gasteiger partial charge in [0.2, 0.25) is 11.8 Å². The molecule has 2 aromatic rings. The Morgan fingerprint density at radius 1 is 1.24 bits per heavy atom. The van der Waals surface area contributed by atoms with Crippen LogP contribution in [-0.4, -0.2) is 16.7 Å². The number of amides is 2. The van der Waals surface area contributed by atoms with Crippen LogP contribution in [0.25, 0.3) is 6.08 Å². The third-order valence-corrected chi connectivity index (χ3v) is 4.29. The van der Waals surface area contributed by atoms with E-state index in [1.54, 1.807) is 6.20 Å². The van der Waals surface area contributed by atoms with E-state index in [1.807, 2.05) is 30.3 Å². The van der Waals surface area contributed by atoms with Gasteiger partial charge in [-0.3, -0.25) is 9.59 Å². The van der Waals surface area contributed by atoms with Crippen molar-refractivity contribution in [3.8, 4) is 0 Å². The highest BCUT2D eigenvalue weighted by atomic mass is 35.5. The molecule has 0 aliphatic carbocycles. The lowest BCUT2D eigenvalue weighted by Gasteiger charge is -2.32. The molecule has 0 saturated carbocycles. The van der Waals surface area contributed by atoms with Crippen LogP contribution in [0.2, 0.25) is 5.02 Å². The third kappa shape index (κ3) is 3.72. The summed E-state index contributed by atoms with van der Waals surface area (Å²) in [6.45, 7) is 1.45. The summed E-state index contributed by atoms with van der Waals surface area (Å²) in [4.78, 5) is 25.9. The van der Waals surface area contributed by atoms with Crippen LogP contribution in [0.5, 0.6) is 0 Å². The summed E-state index contributed by atoms with van der Waals surface area (Å²) < 4.78 is 13.9. The van der Waals surface area contributed by atoms with Crippen molar-refractivity contribution in [3.63, 3.8) is 0 Å². The molecule has 1 aliphatic heterocycles. The maximum Gasteiger partial charge on any atom is 0.226 e. The van der Waals surface area contributed by atoms with Gasteiger partial charge in [0, 0.05) is 18.1 Å². The van der Waals surface area contributed by atoms with Gasteiger partial charge in [-0.25, -0.2) is 4.39 Å². The summed E-state index contributed by atoms with van der Waals surface area (Å²) >= 11 is 5.71. The number of carbonyl (C=O) groups excluding carboxylic acids is 2. The van der Waals surface area contributed by atoms with Crippen molar-refractivity contribution >= 4 is 35.2 Å². The van der Waals surface area contributed by atoms with Crippen LogP contribution in [0.3, 0.4) is 0 Å². The number of nitrogens with one attached hydrogen (secondary N) is 1. The first-order chi connectivity index (χ1) is 12.0. The highest BCUT2D eigenvalue weighted by molar-refractivity contribution is 6.30. The molecule has 0 aromatic heterocycles. The number of nitrogens with zero attached hydrogens (tertiary/aromatic N) is 1. The van der Waals surface area contributed by atoms with E-state index >= 15 is 0 Å². The Balaban J connectivity index is 1.82. The van der Waals surface area contributed by atoms with Crippen LogP contribution in [-0.2, 0) is 9.59 Å². The van der Waals surface area contributed by atoms with Gasteiger partial charge in [-0.15, -0.1) is 0 Å². The molecule has 0 fully saturated rings. The van der Waals surface area contributed by atoms with Crippen molar-refractivity contribution in [2.75, 3.05) is 5.32 Å². The zero-order chi connectivity index (χ0) is 18.0. The summed E-state index contributed by atoms with van der Waals surface area (Å²) in [5.74, 6) is -1.16. The molecule has 25 heavy (non-hydrogen) atoms. The molecule has 0 unspecified atom stereocenters. The fourth-order valence-electron chi connectivity index (χ4n) is 2.88. The number of halogens is 2. The summed E-state index contributed by atoms with van der Waals surface area (Å²) in [5.41, 5.74) is 1.89. The number of anilines is 1. The lowest BCUT2D eigenvalue weighted by Crippen LogP contribution is -2.33. The zero-order valence-electron chi connectivity index (χ0n) is 13.5. The lowest BCUT2D eigenvalue weighted by atomic mass is 9.93. The van der Waals surface area contributed by atoms with Gasteiger partial charge in [-0.1, -0.05) is 35.9 Å². The van der Waals surface area contributed by atoms with Gasteiger partial charge in [0.15, 0.2) is 0 Å². The lowest BCUT2D eigenvalue weighted by molar-refractivity contribution is -0.129. The quantitative estimate of drug-likeness (QED) is 0.885. The van der Waals surface area contributed by atoms with E-state index in [2.05, 4.69) is 5.32 Å². The second kappa shape index (κ2) is 7.07. The number of hydrogen-bond acceptors (Lipinski definition) is 2. The van der Waals surface area contributed by atoms with Gasteiger partial charge in [0.25, 0.3) is 0 Å². The second-order valence-corrected chi connectivity index (χ2v) is 6.20. The predicted molar refractivity (Wildman–Crippen MR) is 95.4 cm³/mol. The van der Waals surface area contributed by atoms with E-state index in [9.17, 15) is 14.0 Å². The zero-order valence-corrected chi connectivity index (χ0v) is 14.3. The number of hydrogen-bond donors (Lipinski definition) is 1. The molecule has 1 heterocycles. The predicted octanol–water partition coefficient (Wildman–Crippen LogP) is 4.38. The van der Waals surface area contributed by atoms with Crippen molar-refractivity contribution in [2.45, 2.75) is 19.4 Å². The molecule has 1 N–H and O–H groups in total. The Labute approximate surface area is 149 Å². The van der Waals surface area contributed by atoms with Gasteiger partial charge in [-0.05, 0) is 35.4 Å². The van der Waals surface area contributed by atoms with E-state index in [4.69, 9.17) is 11.6 Å². The van der Waals surface area contributed by atoms with E-state index in [1.165, 1.54) is 24.0 Å². The van der Waals surface area contributed by atoms with Crippen molar-refractivity contribution < 1.29 is 14.0 Å². The molecule has 3 rings (SSSR count). The van der Waals surface area contributed by atoms with Gasteiger partial charge in [0.1, 0.15) is 5.82 Å². The molecule has 0 spiro atoms. The Bertz CT molecular complexity index is 866. The van der Waals surface area contributed by atoms with Crippen LogP contribution in [0, 0.1) is 5.82 Å². The Kier molecular flexibility index (Phi) is 4.86. The SMILES string of the molecule is CC(=O)N1C=Cc2ccccc2[C@@H]1CC(=O)Nc1ccc(Cl)cc1F. The average molecular weight is 359 g/mol. The highest BCUT2D eigenvalue weighted by Gasteiger charge is 2.28. The maximum atomic E-state index is 13.9. The van der Waals surface area contributed by atoms with Crippen molar-refractivity contribution in [3.05, 3.63) is 70.6 Å². The standard InChI is InChI=1S/C19H16ClFN2O2/c1-12(24)23-9-8-13-4-2-3-5-15(13)18(23)11-19(25)22-17-7-6-14(20)10-16(17)21/h2-10,18H,11H2,1H3,(H,22,25)/t18-/m0/s1. The number of carbonyl (C=O) groups is 2. The molecule has 0 saturated heterocycles. The van der Waals surface area contributed by atoms with Gasteiger partial charge < -0.3 is 10.2 Å². The molecule has 1 aliphatic rings. The first-order valence-corrected chi connectivity index (χ1v) is 8.14. The van der Waals surface area contributed by atoms with Crippen molar-refractivity contribution in [2.24, 2.45) is 0 Å². The van der Waals surface area contributed by atoms with E-state index < -0.39 is 11.9 Å². The maximum absolute atomic E-state index is 13.9. The molecule has 4 nitrogen and oxygen atoms in total. The van der Waals surface area contributed by atoms with Crippen LogP contribution in [0.15, 0.2) is 48.7 Å². The molecule has 2 amide bonds. The molecule has 6 heteroatoms. The average Bonchev–Trinajstić information content (AvgIpc) is 2.57. The first-order valence-electron chi connectivity index (χ1n) is 7.76. The molecular weight excluding hydrogens is 343 g/mol. The molecule has 1 atom stereocenters. The van der Waals surface area contributed by atoms with Crippen LogP contribution in [0.1, 0.15) is 30.5 Å². The summed E-state index contributed by atoms with van der Waals surface area (Å²) in [6, 6.07) is 11.2. The molecular formula is C19H16ClFN2O2. The van der Waals surface area contributed by atoms with Crippen molar-refractivity contribution in [1.29, 1.82) is 0 Å². The van der Waals surface area contributed by atoms with Gasteiger partial charge in [-0.2, -0.15) is 0 Å². The Hall–Kier alpha value is -2.66. The fraction of sp³-hybridized carbons (Fsp3) is 0.158. The van der Waals surface area contributed by atoms with Crippen LogP contribution < -0.4 is 5.32 Å². The molecule has 0 bridgehead atoms.